The number of sulfonamides is 2. The molecule has 0 saturated carbocycles. The van der Waals surface area contributed by atoms with Gasteiger partial charge < -0.3 is 20.8 Å². The van der Waals surface area contributed by atoms with Crippen LogP contribution in [0.3, 0.4) is 0 Å². The Morgan fingerprint density at radius 3 is 1.24 bits per heavy atom. The number of hydrogen-bond acceptors (Lipinski definition) is 8. The monoisotopic (exact) mass is 514 g/mol. The van der Waals surface area contributed by atoms with E-state index in [9.17, 15) is 26.4 Å². The Bertz CT molecular complexity index is 1090. The summed E-state index contributed by atoms with van der Waals surface area (Å²) in [6.45, 7) is -0.907. The van der Waals surface area contributed by atoms with Crippen molar-refractivity contribution in [1.82, 2.24) is 9.44 Å². The molecule has 0 spiro atoms. The number of anilines is 2. The lowest BCUT2D eigenvalue weighted by Gasteiger charge is -2.09. The van der Waals surface area contributed by atoms with E-state index in [0.29, 0.717) is 11.4 Å². The molecule has 0 fully saturated rings. The maximum atomic E-state index is 12.1. The minimum absolute atomic E-state index is 0.0266. The Balaban J connectivity index is 1.83. The first-order valence-corrected chi connectivity index (χ1v) is 13.0. The average Bonchev–Trinajstić information content (AvgIpc) is 2.81. The molecule has 0 unspecified atom stereocenters. The molecule has 0 bridgehead atoms. The fourth-order valence-electron chi connectivity index (χ4n) is 2.64. The fourth-order valence-corrected chi connectivity index (χ4v) is 4.68. The van der Waals surface area contributed by atoms with Gasteiger partial charge in [0.2, 0.25) is 31.9 Å². The first kappa shape index (κ1) is 27.4. The zero-order valence-corrected chi connectivity index (χ0v) is 19.7. The van der Waals surface area contributed by atoms with Crippen molar-refractivity contribution in [3.05, 3.63) is 48.5 Å². The number of carbonyl (C=O) groups is 2. The van der Waals surface area contributed by atoms with Crippen LogP contribution in [0.2, 0.25) is 0 Å². The molecule has 0 aliphatic heterocycles. The first-order valence-electron chi connectivity index (χ1n) is 10.1. The van der Waals surface area contributed by atoms with Gasteiger partial charge in [-0.3, -0.25) is 9.59 Å². The minimum atomic E-state index is -3.76. The van der Waals surface area contributed by atoms with Crippen LogP contribution in [-0.2, 0) is 29.6 Å². The van der Waals surface area contributed by atoms with E-state index in [1.165, 1.54) is 48.5 Å². The molecule has 0 radical (unpaired) electrons. The molecule has 0 atom stereocenters. The molecule has 2 aromatic carbocycles. The third kappa shape index (κ3) is 8.48. The molecule has 0 aliphatic carbocycles. The van der Waals surface area contributed by atoms with Gasteiger partial charge in [-0.15, -0.1) is 0 Å². The topological polar surface area (TPSA) is 191 Å². The number of rotatable bonds is 13. The van der Waals surface area contributed by atoms with Crippen LogP contribution in [0, 0.1) is 0 Å². The van der Waals surface area contributed by atoms with Crippen molar-refractivity contribution < 1.29 is 36.6 Å². The summed E-state index contributed by atoms with van der Waals surface area (Å²) in [5.74, 6) is -0.916. The van der Waals surface area contributed by atoms with Crippen molar-refractivity contribution in [2.75, 3.05) is 36.9 Å². The van der Waals surface area contributed by atoms with E-state index in [-0.39, 0.29) is 48.9 Å². The van der Waals surface area contributed by atoms with Crippen LogP contribution in [0.25, 0.3) is 0 Å². The number of amides is 2. The highest BCUT2D eigenvalue weighted by Gasteiger charge is 2.15. The maximum Gasteiger partial charge on any atom is 0.240 e. The normalized spacial score (nSPS) is 11.7. The van der Waals surface area contributed by atoms with E-state index in [1.807, 2.05) is 0 Å². The van der Waals surface area contributed by atoms with Gasteiger partial charge in [0.05, 0.1) is 23.0 Å². The molecule has 2 amide bonds. The van der Waals surface area contributed by atoms with E-state index in [2.05, 4.69) is 20.1 Å². The van der Waals surface area contributed by atoms with Crippen molar-refractivity contribution in [2.45, 2.75) is 22.6 Å². The molecular weight excluding hydrogens is 488 g/mol. The quantitative estimate of drug-likeness (QED) is 0.208. The minimum Gasteiger partial charge on any atom is -0.395 e. The van der Waals surface area contributed by atoms with Crippen LogP contribution in [-0.4, -0.2) is 65.2 Å². The van der Waals surface area contributed by atoms with Crippen LogP contribution >= 0.6 is 0 Å². The van der Waals surface area contributed by atoms with Gasteiger partial charge in [0.1, 0.15) is 0 Å². The summed E-state index contributed by atoms with van der Waals surface area (Å²) >= 11 is 0. The second kappa shape index (κ2) is 12.5. The number of benzene rings is 2. The number of aliphatic hydroxyl groups excluding tert-OH is 2. The van der Waals surface area contributed by atoms with Crippen molar-refractivity contribution in [3.8, 4) is 0 Å². The third-order valence-electron chi connectivity index (χ3n) is 4.28. The molecule has 14 heteroatoms. The summed E-state index contributed by atoms with van der Waals surface area (Å²) in [4.78, 5) is 24.1. The molecule has 186 valence electrons. The van der Waals surface area contributed by atoms with E-state index < -0.39 is 31.9 Å². The first-order chi connectivity index (χ1) is 16.1. The van der Waals surface area contributed by atoms with Crippen molar-refractivity contribution in [2.24, 2.45) is 0 Å². The maximum absolute atomic E-state index is 12.1. The Hall–Kier alpha value is -2.88. The summed E-state index contributed by atoms with van der Waals surface area (Å²) in [5.41, 5.74) is 0.691. The summed E-state index contributed by atoms with van der Waals surface area (Å²) in [5, 5.41) is 22.6. The largest absolute Gasteiger partial charge is 0.395 e. The average molecular weight is 515 g/mol. The highest BCUT2D eigenvalue weighted by Crippen LogP contribution is 2.16. The predicted molar refractivity (Wildman–Crippen MR) is 124 cm³/mol. The molecule has 0 aromatic heterocycles. The Labute approximate surface area is 197 Å². The van der Waals surface area contributed by atoms with Gasteiger partial charge in [0, 0.05) is 37.3 Å². The van der Waals surface area contributed by atoms with Crippen LogP contribution in [0.4, 0.5) is 11.4 Å². The van der Waals surface area contributed by atoms with E-state index in [4.69, 9.17) is 10.2 Å². The SMILES string of the molecule is O=C(CCC(=O)Nc1ccc(S(=O)(=O)NCCO)cc1)Nc1ccc(S(=O)(=O)NCCO)cc1. The van der Waals surface area contributed by atoms with Gasteiger partial charge in [-0.25, -0.2) is 26.3 Å². The Kier molecular flexibility index (Phi) is 10.1. The molecule has 2 rings (SSSR count). The molecule has 0 saturated heterocycles. The lowest BCUT2D eigenvalue weighted by molar-refractivity contribution is -0.121. The number of hydrogen-bond donors (Lipinski definition) is 6. The summed E-state index contributed by atoms with van der Waals surface area (Å²) in [7, 11) is -7.51. The second-order valence-electron chi connectivity index (χ2n) is 6.89. The van der Waals surface area contributed by atoms with Gasteiger partial charge in [0.15, 0.2) is 0 Å². The molecule has 0 heterocycles. The molecule has 0 aliphatic rings. The zero-order chi connectivity index (χ0) is 25.2. The van der Waals surface area contributed by atoms with Crippen molar-refractivity contribution in [3.63, 3.8) is 0 Å². The summed E-state index contributed by atoms with van der Waals surface area (Å²) in [6, 6.07) is 10.8. The number of aliphatic hydroxyl groups is 2. The fraction of sp³-hybridized carbons (Fsp3) is 0.300. The predicted octanol–water partition coefficient (Wildman–Crippen LogP) is -0.415. The second-order valence-corrected chi connectivity index (χ2v) is 10.4. The molecule has 6 N–H and O–H groups in total. The van der Waals surface area contributed by atoms with E-state index in [1.54, 1.807) is 0 Å². The summed E-state index contributed by atoms with van der Waals surface area (Å²) in [6.07, 6.45) is -0.275. The van der Waals surface area contributed by atoms with E-state index >= 15 is 0 Å². The molecule has 34 heavy (non-hydrogen) atoms. The Morgan fingerprint density at radius 1 is 0.618 bits per heavy atom. The lowest BCUT2D eigenvalue weighted by Crippen LogP contribution is -2.26. The number of carbonyl (C=O) groups excluding carboxylic acids is 2. The van der Waals surface area contributed by atoms with Gasteiger partial charge >= 0.3 is 0 Å². The molecule has 2 aromatic rings. The van der Waals surface area contributed by atoms with E-state index in [0.717, 1.165) is 0 Å². The van der Waals surface area contributed by atoms with Crippen LogP contribution in [0.1, 0.15) is 12.8 Å². The highest BCUT2D eigenvalue weighted by molar-refractivity contribution is 7.89. The van der Waals surface area contributed by atoms with Crippen LogP contribution < -0.4 is 20.1 Å². The molecular formula is C20H26N4O8S2. The van der Waals surface area contributed by atoms with Crippen LogP contribution in [0.5, 0.6) is 0 Å². The zero-order valence-electron chi connectivity index (χ0n) is 18.0. The highest BCUT2D eigenvalue weighted by atomic mass is 32.2. The van der Waals surface area contributed by atoms with Crippen molar-refractivity contribution in [1.29, 1.82) is 0 Å². The summed E-state index contributed by atoms with van der Waals surface area (Å²) < 4.78 is 52.3. The van der Waals surface area contributed by atoms with Gasteiger partial charge in [-0.05, 0) is 48.5 Å². The Morgan fingerprint density at radius 2 is 0.941 bits per heavy atom. The lowest BCUT2D eigenvalue weighted by atomic mass is 10.2. The van der Waals surface area contributed by atoms with Crippen molar-refractivity contribution >= 4 is 43.2 Å². The third-order valence-corrected chi connectivity index (χ3v) is 7.24. The van der Waals surface area contributed by atoms with Gasteiger partial charge in [0.25, 0.3) is 0 Å². The number of nitrogens with one attached hydrogen (secondary N) is 4. The molecule has 12 nitrogen and oxygen atoms in total. The standard InChI is InChI=1S/C20H26N4O8S2/c25-13-11-21-33(29,30)17-5-1-15(2-6-17)23-19(27)9-10-20(28)24-16-3-7-18(8-4-16)34(31,32)22-12-14-26/h1-8,21-22,25-26H,9-14H2,(H,23,27)(H,24,28). The smallest absolute Gasteiger partial charge is 0.240 e. The van der Waals surface area contributed by atoms with Gasteiger partial charge in [-0.1, -0.05) is 0 Å². The van der Waals surface area contributed by atoms with Gasteiger partial charge in [-0.2, -0.15) is 0 Å². The van der Waals surface area contributed by atoms with Crippen LogP contribution in [0.15, 0.2) is 58.3 Å².